The van der Waals surface area contributed by atoms with Crippen LogP contribution < -0.4 is 0 Å². The van der Waals surface area contributed by atoms with Gasteiger partial charge in [0.25, 0.3) is 0 Å². The van der Waals surface area contributed by atoms with E-state index < -0.39 is 5.97 Å². The topological polar surface area (TPSA) is 82.1 Å². The Kier molecular flexibility index (Phi) is 6.55. The summed E-state index contributed by atoms with van der Waals surface area (Å²) >= 11 is 0. The van der Waals surface area contributed by atoms with E-state index in [9.17, 15) is 14.7 Å². The van der Waals surface area contributed by atoms with Crippen molar-refractivity contribution in [2.24, 2.45) is 40.4 Å². The fraction of sp³-hybridized carbons (Fsp3) is 0.920. The maximum Gasteiger partial charge on any atom is 0.303 e. The van der Waals surface area contributed by atoms with Crippen LogP contribution in [-0.2, 0) is 23.8 Å². The molecule has 0 spiro atoms. The smallest absolute Gasteiger partial charge is 0.303 e. The number of rotatable bonds is 6. The fourth-order valence-electron chi connectivity index (χ4n) is 8.46. The average Bonchev–Trinajstić information content (AvgIpc) is 3.06. The Hall–Kier alpha value is -0.980. The molecule has 2 unspecified atom stereocenters. The van der Waals surface area contributed by atoms with Crippen molar-refractivity contribution in [1.82, 2.24) is 0 Å². The van der Waals surface area contributed by atoms with Gasteiger partial charge in [0.1, 0.15) is 13.4 Å². The molecule has 4 fully saturated rings. The first-order valence-corrected chi connectivity index (χ1v) is 12.2. The fourth-order valence-corrected chi connectivity index (χ4v) is 8.46. The number of hydrogen-bond acceptors (Lipinski definition) is 6. The molecule has 0 aromatic heterocycles. The molecule has 6 nitrogen and oxygen atoms in total. The number of ether oxygens (including phenoxy) is 3. The minimum atomic E-state index is -0.409. The first kappa shape index (κ1) is 23.2. The lowest BCUT2D eigenvalue weighted by Gasteiger charge is -2.62. The van der Waals surface area contributed by atoms with E-state index in [1.165, 1.54) is 13.3 Å². The predicted octanol–water partition coefficient (Wildman–Crippen LogP) is 3.74. The highest BCUT2D eigenvalue weighted by atomic mass is 16.7. The molecule has 0 heterocycles. The summed E-state index contributed by atoms with van der Waals surface area (Å²) in [4.78, 5) is 24.1. The summed E-state index contributed by atoms with van der Waals surface area (Å²) in [7, 11) is 1.67. The molecule has 0 bridgehead atoms. The number of aliphatic hydroxyl groups is 1. The van der Waals surface area contributed by atoms with Gasteiger partial charge in [-0.25, -0.2) is 0 Å². The second kappa shape index (κ2) is 8.75. The molecule has 4 saturated carbocycles. The summed E-state index contributed by atoms with van der Waals surface area (Å²) in [6.45, 7) is 6.19. The Bertz CT molecular complexity index is 693. The van der Waals surface area contributed by atoms with Crippen molar-refractivity contribution in [3.05, 3.63) is 0 Å². The molecule has 9 atom stereocenters. The second-order valence-corrected chi connectivity index (χ2v) is 11.2. The quantitative estimate of drug-likeness (QED) is 0.505. The van der Waals surface area contributed by atoms with Crippen molar-refractivity contribution in [2.75, 3.05) is 20.5 Å². The first-order valence-electron chi connectivity index (χ1n) is 12.2. The largest absolute Gasteiger partial charge is 0.458 e. The molecule has 0 radical (unpaired) electrons. The van der Waals surface area contributed by atoms with Crippen LogP contribution >= 0.6 is 0 Å². The molecule has 176 valence electrons. The number of ketones is 1. The van der Waals surface area contributed by atoms with Crippen LogP contribution in [0.1, 0.15) is 72.1 Å². The number of fused-ring (bicyclic) bond motifs is 5. The zero-order chi connectivity index (χ0) is 22.4. The van der Waals surface area contributed by atoms with Crippen LogP contribution in [-0.4, -0.2) is 49.6 Å². The highest BCUT2D eigenvalue weighted by Crippen LogP contribution is 2.67. The molecule has 6 heteroatoms. The van der Waals surface area contributed by atoms with Crippen molar-refractivity contribution in [3.8, 4) is 0 Å². The zero-order valence-corrected chi connectivity index (χ0v) is 19.6. The molecule has 0 aromatic carbocycles. The average molecular weight is 437 g/mol. The maximum atomic E-state index is 12.9. The lowest BCUT2D eigenvalue weighted by molar-refractivity contribution is -0.189. The summed E-state index contributed by atoms with van der Waals surface area (Å²) < 4.78 is 16.0. The molecule has 1 N–H and O–H groups in total. The van der Waals surface area contributed by atoms with Crippen molar-refractivity contribution >= 4 is 11.8 Å². The Labute approximate surface area is 186 Å². The number of esters is 1. The Morgan fingerprint density at radius 3 is 2.55 bits per heavy atom. The van der Waals surface area contributed by atoms with E-state index in [-0.39, 0.29) is 41.3 Å². The van der Waals surface area contributed by atoms with Gasteiger partial charge in [-0.3, -0.25) is 9.59 Å². The molecule has 0 aromatic rings. The summed E-state index contributed by atoms with van der Waals surface area (Å²) in [5, 5.41) is 11.5. The van der Waals surface area contributed by atoms with Crippen molar-refractivity contribution in [3.63, 3.8) is 0 Å². The van der Waals surface area contributed by atoms with Crippen LogP contribution in [0, 0.1) is 40.4 Å². The zero-order valence-electron chi connectivity index (χ0n) is 19.6. The number of carbonyl (C=O) groups excluding carboxylic acids is 2. The van der Waals surface area contributed by atoms with Crippen molar-refractivity contribution in [1.29, 1.82) is 0 Å². The van der Waals surface area contributed by atoms with Crippen LogP contribution in [0.3, 0.4) is 0 Å². The Morgan fingerprint density at radius 1 is 1.06 bits per heavy atom. The van der Waals surface area contributed by atoms with Gasteiger partial charge in [0.05, 0.1) is 12.2 Å². The summed E-state index contributed by atoms with van der Waals surface area (Å²) in [5.74, 6) is 1.32. The van der Waals surface area contributed by atoms with E-state index in [1.807, 2.05) is 0 Å². The van der Waals surface area contributed by atoms with Gasteiger partial charge < -0.3 is 19.3 Å². The van der Waals surface area contributed by atoms with Crippen LogP contribution in [0.25, 0.3) is 0 Å². The van der Waals surface area contributed by atoms with Crippen LogP contribution in [0.4, 0.5) is 0 Å². The van der Waals surface area contributed by atoms with Crippen LogP contribution in [0.2, 0.25) is 0 Å². The minimum Gasteiger partial charge on any atom is -0.458 e. The van der Waals surface area contributed by atoms with E-state index in [0.717, 1.165) is 38.5 Å². The molecule has 31 heavy (non-hydrogen) atoms. The van der Waals surface area contributed by atoms with Gasteiger partial charge in [-0.05, 0) is 85.9 Å². The molecular formula is C25H40O6. The van der Waals surface area contributed by atoms with E-state index in [4.69, 9.17) is 14.2 Å². The number of Topliss-reactive ketones (excluding diaryl/α,β-unsaturated/α-hetero) is 1. The SMILES string of the molecule is COCO[C@@H]1CC[C@@]2(C)[C@@H](CC[C@H]3[C@@H]4CC[C@H](C(=O)COC(C)=O)C4(C)CC(O)[C@@H]32)C1. The van der Waals surface area contributed by atoms with E-state index in [2.05, 4.69) is 13.8 Å². The Balaban J connectivity index is 1.51. The Morgan fingerprint density at radius 2 is 1.84 bits per heavy atom. The number of carbonyl (C=O) groups is 2. The lowest BCUT2D eigenvalue weighted by atomic mass is 9.44. The molecule has 4 rings (SSSR count). The van der Waals surface area contributed by atoms with Crippen LogP contribution in [0.5, 0.6) is 0 Å². The van der Waals surface area contributed by atoms with Crippen LogP contribution in [0.15, 0.2) is 0 Å². The molecule has 0 aliphatic heterocycles. The van der Waals surface area contributed by atoms with Gasteiger partial charge in [0, 0.05) is 20.0 Å². The van der Waals surface area contributed by atoms with E-state index >= 15 is 0 Å². The maximum absolute atomic E-state index is 12.9. The minimum absolute atomic E-state index is 0.0292. The first-order chi connectivity index (χ1) is 14.7. The van der Waals surface area contributed by atoms with Crippen molar-refractivity contribution in [2.45, 2.75) is 84.3 Å². The molecular weight excluding hydrogens is 396 g/mol. The summed E-state index contributed by atoms with van der Waals surface area (Å²) in [6, 6.07) is 0. The van der Waals surface area contributed by atoms with Crippen molar-refractivity contribution < 1.29 is 28.9 Å². The van der Waals surface area contributed by atoms with Gasteiger partial charge >= 0.3 is 5.97 Å². The lowest BCUT2D eigenvalue weighted by Crippen LogP contribution is -2.59. The highest BCUT2D eigenvalue weighted by Gasteiger charge is 2.63. The third-order valence-corrected chi connectivity index (χ3v) is 9.77. The molecule has 0 saturated heterocycles. The second-order valence-electron chi connectivity index (χ2n) is 11.2. The third-order valence-electron chi connectivity index (χ3n) is 9.77. The summed E-state index contributed by atoms with van der Waals surface area (Å²) in [5.41, 5.74) is -0.0593. The standard InChI is InChI=1S/C25H40O6/c1-15(26)30-13-22(28)20-8-7-19-18-6-5-16-11-17(31-14-29-4)9-10-24(16,2)23(18)21(27)12-25(19,20)3/h16-21,23,27H,5-14H2,1-4H3/t16-,17+,18-,19-,20+,21?,23+,24-,25?/m0/s1. The van der Waals surface area contributed by atoms with Gasteiger partial charge in [0.2, 0.25) is 0 Å². The van der Waals surface area contributed by atoms with Gasteiger partial charge in [-0.2, -0.15) is 0 Å². The molecule has 4 aliphatic rings. The molecule has 0 amide bonds. The van der Waals surface area contributed by atoms with Gasteiger partial charge in [-0.15, -0.1) is 0 Å². The third kappa shape index (κ3) is 3.97. The number of methoxy groups -OCH3 is 1. The summed E-state index contributed by atoms with van der Waals surface area (Å²) in [6.07, 6.45) is 7.93. The normalized spacial score (nSPS) is 46.5. The van der Waals surface area contributed by atoms with Gasteiger partial charge in [0.15, 0.2) is 5.78 Å². The number of aliphatic hydroxyl groups excluding tert-OH is 1. The van der Waals surface area contributed by atoms with E-state index in [1.54, 1.807) is 7.11 Å². The van der Waals surface area contributed by atoms with Gasteiger partial charge in [-0.1, -0.05) is 13.8 Å². The number of hydrogen-bond donors (Lipinski definition) is 1. The predicted molar refractivity (Wildman–Crippen MR) is 115 cm³/mol. The molecule has 4 aliphatic carbocycles. The highest BCUT2D eigenvalue weighted by molar-refractivity contribution is 5.85. The van der Waals surface area contributed by atoms with E-state index in [0.29, 0.717) is 36.9 Å². The monoisotopic (exact) mass is 436 g/mol.